The lowest BCUT2D eigenvalue weighted by Gasteiger charge is -2.29. The van der Waals surface area contributed by atoms with E-state index in [4.69, 9.17) is 0 Å². The van der Waals surface area contributed by atoms with E-state index in [-0.39, 0.29) is 4.90 Å². The number of nitrogens with zero attached hydrogens (tertiary/aromatic N) is 3. The molecule has 0 saturated carbocycles. The molecular weight excluding hydrogens is 372 g/mol. The first-order chi connectivity index (χ1) is 13.6. The summed E-state index contributed by atoms with van der Waals surface area (Å²) in [7, 11) is -3.74. The lowest BCUT2D eigenvalue weighted by atomic mass is 10.2. The summed E-state index contributed by atoms with van der Waals surface area (Å²) in [5.41, 5.74) is 2.50. The predicted molar refractivity (Wildman–Crippen MR) is 111 cm³/mol. The molecule has 0 aliphatic carbocycles. The van der Waals surface area contributed by atoms with E-state index in [2.05, 4.69) is 21.3 Å². The highest BCUT2D eigenvalue weighted by molar-refractivity contribution is 7.90. The fourth-order valence-corrected chi connectivity index (χ4v) is 5.05. The number of piperazine rings is 1. The maximum atomic E-state index is 13.3. The van der Waals surface area contributed by atoms with E-state index in [1.54, 1.807) is 12.3 Å². The van der Waals surface area contributed by atoms with Crippen LogP contribution in [0.1, 0.15) is 0 Å². The molecule has 1 aliphatic heterocycles. The van der Waals surface area contributed by atoms with Crippen molar-refractivity contribution < 1.29 is 8.42 Å². The minimum absolute atomic E-state index is 0.191. The summed E-state index contributed by atoms with van der Waals surface area (Å²) in [6.07, 6.45) is 3.06. The Hall–Kier alpha value is -2.90. The summed E-state index contributed by atoms with van der Waals surface area (Å²) in [6.45, 7) is 3.68. The number of hydrogen-bond donors (Lipinski definition) is 1. The highest BCUT2D eigenvalue weighted by Crippen LogP contribution is 2.27. The zero-order valence-electron chi connectivity index (χ0n) is 15.2. The number of anilines is 1. The number of para-hydroxylation sites is 1. The maximum Gasteiger partial charge on any atom is 0.269 e. The first-order valence-electron chi connectivity index (χ1n) is 9.30. The lowest BCUT2D eigenvalue weighted by Crippen LogP contribution is -2.43. The van der Waals surface area contributed by atoms with Crippen molar-refractivity contribution in [3.63, 3.8) is 0 Å². The van der Waals surface area contributed by atoms with Gasteiger partial charge in [0.2, 0.25) is 0 Å². The number of nitrogens with one attached hydrogen (secondary N) is 1. The van der Waals surface area contributed by atoms with E-state index < -0.39 is 10.0 Å². The Bertz CT molecular complexity index is 1270. The molecule has 1 N–H and O–H groups in total. The molecule has 6 nitrogen and oxygen atoms in total. The standard InChI is InChI=1S/C21H20N4O2S/c26-28(27,19-13-17-3-1-2-4-20(17)23-15-19)25-10-7-16-5-6-18(14-21(16)25)24-11-8-22-9-12-24/h1-7,10,13-15,22H,8-9,11-12H2. The van der Waals surface area contributed by atoms with Gasteiger partial charge >= 0.3 is 0 Å². The maximum absolute atomic E-state index is 13.3. The van der Waals surface area contributed by atoms with Crippen LogP contribution in [0.3, 0.4) is 0 Å². The van der Waals surface area contributed by atoms with Crippen LogP contribution in [-0.4, -0.2) is 43.6 Å². The van der Waals surface area contributed by atoms with Crippen LogP contribution in [0.5, 0.6) is 0 Å². The molecule has 28 heavy (non-hydrogen) atoms. The van der Waals surface area contributed by atoms with Crippen molar-refractivity contribution in [1.29, 1.82) is 0 Å². The predicted octanol–water partition coefficient (Wildman–Crippen LogP) is 2.84. The molecule has 4 aromatic rings. The van der Waals surface area contributed by atoms with E-state index in [9.17, 15) is 8.42 Å². The van der Waals surface area contributed by atoms with Crippen molar-refractivity contribution in [1.82, 2.24) is 14.3 Å². The van der Waals surface area contributed by atoms with Crippen LogP contribution in [0.4, 0.5) is 5.69 Å². The molecule has 1 aliphatic rings. The molecule has 0 unspecified atom stereocenters. The van der Waals surface area contributed by atoms with Gasteiger partial charge < -0.3 is 10.2 Å². The van der Waals surface area contributed by atoms with Crippen molar-refractivity contribution in [2.75, 3.05) is 31.1 Å². The molecule has 2 aromatic heterocycles. The largest absolute Gasteiger partial charge is 0.369 e. The second-order valence-electron chi connectivity index (χ2n) is 6.96. The lowest BCUT2D eigenvalue weighted by molar-refractivity contribution is 0.588. The molecule has 0 bridgehead atoms. The number of pyridine rings is 1. The average molecular weight is 392 g/mol. The second kappa shape index (κ2) is 6.61. The van der Waals surface area contributed by atoms with Gasteiger partial charge in [0.05, 0.1) is 11.0 Å². The molecule has 0 radical (unpaired) electrons. The van der Waals surface area contributed by atoms with Gasteiger partial charge in [-0.3, -0.25) is 4.98 Å². The summed E-state index contributed by atoms with van der Waals surface area (Å²) >= 11 is 0. The van der Waals surface area contributed by atoms with E-state index in [1.165, 1.54) is 10.2 Å². The molecule has 142 valence electrons. The summed E-state index contributed by atoms with van der Waals surface area (Å²) in [6, 6.07) is 17.0. The first kappa shape index (κ1) is 17.2. The van der Waals surface area contributed by atoms with Crippen LogP contribution in [0.25, 0.3) is 21.8 Å². The molecule has 5 rings (SSSR count). The normalized spacial score (nSPS) is 15.4. The van der Waals surface area contributed by atoms with Crippen molar-refractivity contribution in [3.8, 4) is 0 Å². The smallest absolute Gasteiger partial charge is 0.269 e. The highest BCUT2D eigenvalue weighted by Gasteiger charge is 2.21. The van der Waals surface area contributed by atoms with Crippen LogP contribution in [-0.2, 0) is 10.0 Å². The first-order valence-corrected chi connectivity index (χ1v) is 10.7. The Morgan fingerprint density at radius 1 is 0.929 bits per heavy atom. The van der Waals surface area contributed by atoms with Crippen LogP contribution < -0.4 is 10.2 Å². The van der Waals surface area contributed by atoms with Gasteiger partial charge in [0, 0.05) is 55.0 Å². The molecule has 1 fully saturated rings. The SMILES string of the molecule is O=S(=O)(c1cnc2ccccc2c1)n1ccc2ccc(N3CCNCC3)cc21. The average Bonchev–Trinajstić information content (AvgIpc) is 3.18. The van der Waals surface area contributed by atoms with Gasteiger partial charge in [-0.2, -0.15) is 0 Å². The van der Waals surface area contributed by atoms with E-state index in [0.717, 1.165) is 48.2 Å². The Balaban J connectivity index is 1.62. The highest BCUT2D eigenvalue weighted by atomic mass is 32.2. The second-order valence-corrected chi connectivity index (χ2v) is 8.78. The Morgan fingerprint density at radius 3 is 2.61 bits per heavy atom. The number of fused-ring (bicyclic) bond motifs is 2. The third-order valence-corrected chi connectivity index (χ3v) is 6.90. The summed E-state index contributed by atoms with van der Waals surface area (Å²) in [5.74, 6) is 0. The topological polar surface area (TPSA) is 67.2 Å². The van der Waals surface area contributed by atoms with Gasteiger partial charge in [0.1, 0.15) is 4.90 Å². The third-order valence-electron chi connectivity index (χ3n) is 5.25. The minimum atomic E-state index is -3.74. The van der Waals surface area contributed by atoms with E-state index in [1.807, 2.05) is 42.5 Å². The van der Waals surface area contributed by atoms with Gasteiger partial charge in [-0.05, 0) is 30.3 Å². The van der Waals surface area contributed by atoms with Crippen LogP contribution >= 0.6 is 0 Å². The van der Waals surface area contributed by atoms with Gasteiger partial charge in [-0.1, -0.05) is 24.3 Å². The summed E-state index contributed by atoms with van der Waals surface area (Å²) in [5, 5.41) is 5.04. The monoisotopic (exact) mass is 392 g/mol. The quantitative estimate of drug-likeness (QED) is 0.581. The fourth-order valence-electron chi connectivity index (χ4n) is 3.73. The molecule has 7 heteroatoms. The number of aromatic nitrogens is 2. The summed E-state index contributed by atoms with van der Waals surface area (Å²) in [4.78, 5) is 6.79. The molecule has 3 heterocycles. The number of hydrogen-bond acceptors (Lipinski definition) is 5. The molecule has 0 spiro atoms. The van der Waals surface area contributed by atoms with Crippen molar-refractivity contribution in [3.05, 3.63) is 67.0 Å². The van der Waals surface area contributed by atoms with E-state index >= 15 is 0 Å². The number of benzene rings is 2. The fraction of sp³-hybridized carbons (Fsp3) is 0.190. The van der Waals surface area contributed by atoms with Crippen LogP contribution in [0.15, 0.2) is 71.9 Å². The Morgan fingerprint density at radius 2 is 1.75 bits per heavy atom. The zero-order chi connectivity index (χ0) is 19.1. The van der Waals surface area contributed by atoms with Crippen molar-refractivity contribution in [2.45, 2.75) is 4.90 Å². The number of rotatable bonds is 3. The van der Waals surface area contributed by atoms with Gasteiger partial charge in [-0.25, -0.2) is 12.4 Å². The van der Waals surface area contributed by atoms with Gasteiger partial charge in [-0.15, -0.1) is 0 Å². The summed E-state index contributed by atoms with van der Waals surface area (Å²) < 4.78 is 28.0. The Labute approximate surface area is 163 Å². The van der Waals surface area contributed by atoms with Crippen molar-refractivity contribution >= 4 is 37.5 Å². The van der Waals surface area contributed by atoms with Gasteiger partial charge in [0.15, 0.2) is 0 Å². The zero-order valence-corrected chi connectivity index (χ0v) is 16.1. The van der Waals surface area contributed by atoms with Gasteiger partial charge in [0.25, 0.3) is 10.0 Å². The molecule has 1 saturated heterocycles. The molecule has 0 atom stereocenters. The van der Waals surface area contributed by atoms with E-state index in [0.29, 0.717) is 5.52 Å². The molecule has 2 aromatic carbocycles. The van der Waals surface area contributed by atoms with Crippen LogP contribution in [0, 0.1) is 0 Å². The third kappa shape index (κ3) is 2.83. The molecular formula is C21H20N4O2S. The van der Waals surface area contributed by atoms with Crippen LogP contribution in [0.2, 0.25) is 0 Å². The Kier molecular flexibility index (Phi) is 4.07. The minimum Gasteiger partial charge on any atom is -0.369 e. The van der Waals surface area contributed by atoms with Crippen molar-refractivity contribution in [2.24, 2.45) is 0 Å². The molecule has 0 amide bonds.